The number of nitrogens with zero attached hydrogens (tertiary/aromatic N) is 1. The molecule has 4 heteroatoms. The zero-order chi connectivity index (χ0) is 17.6. The first-order valence-electron chi connectivity index (χ1n) is 8.57. The molecule has 0 bridgehead atoms. The highest BCUT2D eigenvalue weighted by Crippen LogP contribution is 2.18. The van der Waals surface area contributed by atoms with Crippen molar-refractivity contribution in [3.8, 4) is 6.07 Å². The first-order chi connectivity index (χ1) is 12.2. The van der Waals surface area contributed by atoms with E-state index in [1.54, 1.807) is 24.3 Å². The Kier molecular flexibility index (Phi) is 5.27. The quantitative estimate of drug-likeness (QED) is 0.902. The highest BCUT2D eigenvalue weighted by Gasteiger charge is 2.27. The second-order valence-electron chi connectivity index (χ2n) is 6.36. The molecule has 0 fully saturated rings. The number of rotatable bonds is 4. The monoisotopic (exact) mass is 332 g/mol. The molecule has 0 spiro atoms. The van der Waals surface area contributed by atoms with Crippen molar-refractivity contribution in [1.82, 2.24) is 0 Å². The van der Waals surface area contributed by atoms with E-state index in [0.717, 1.165) is 25.2 Å². The van der Waals surface area contributed by atoms with Gasteiger partial charge in [-0.2, -0.15) is 5.26 Å². The van der Waals surface area contributed by atoms with Crippen molar-refractivity contribution >= 4 is 17.2 Å². The molecular weight excluding hydrogens is 310 g/mol. The fourth-order valence-electron chi connectivity index (χ4n) is 3.13. The number of benzene rings is 2. The van der Waals surface area contributed by atoms with Crippen LogP contribution in [0, 0.1) is 11.3 Å². The topological polar surface area (TPSA) is 57.3 Å². The number of amides is 1. The lowest BCUT2D eigenvalue weighted by molar-refractivity contribution is -0.909. The van der Waals surface area contributed by atoms with E-state index in [4.69, 9.17) is 5.26 Å². The van der Waals surface area contributed by atoms with Crippen LogP contribution in [0.5, 0.6) is 0 Å². The van der Waals surface area contributed by atoms with Crippen molar-refractivity contribution in [2.24, 2.45) is 0 Å². The van der Waals surface area contributed by atoms with E-state index in [0.29, 0.717) is 5.56 Å². The first-order valence-corrected chi connectivity index (χ1v) is 8.57. The van der Waals surface area contributed by atoms with Gasteiger partial charge in [0.25, 0.3) is 5.91 Å². The maximum absolute atomic E-state index is 12.5. The Morgan fingerprint density at radius 3 is 2.48 bits per heavy atom. The van der Waals surface area contributed by atoms with Gasteiger partial charge in [0, 0.05) is 12.1 Å². The average Bonchev–Trinajstić information content (AvgIpc) is 2.69. The minimum Gasteiger partial charge on any atom is -0.321 e. The van der Waals surface area contributed by atoms with Crippen LogP contribution in [0.3, 0.4) is 0 Å². The van der Waals surface area contributed by atoms with Crippen LogP contribution < -0.4 is 10.2 Å². The van der Waals surface area contributed by atoms with Crippen LogP contribution in [-0.4, -0.2) is 25.0 Å². The molecule has 2 atom stereocenters. The lowest BCUT2D eigenvalue weighted by Gasteiger charge is -2.28. The molecule has 0 aromatic heterocycles. The number of nitriles is 1. The molecule has 126 valence electrons. The molecule has 25 heavy (non-hydrogen) atoms. The fourth-order valence-corrected chi connectivity index (χ4v) is 3.13. The lowest BCUT2D eigenvalue weighted by Crippen LogP contribution is -3.17. The van der Waals surface area contributed by atoms with Crippen molar-refractivity contribution in [1.29, 1.82) is 5.26 Å². The summed E-state index contributed by atoms with van der Waals surface area (Å²) in [6.07, 6.45) is 3.23. The normalized spacial score (nSPS) is 17.9. The SMILES string of the molecule is C[C@@H](C(=O)Nc1ccc(C#N)cc1)[NH+]1CC=C(c2ccccc2)CC1. The van der Waals surface area contributed by atoms with Crippen molar-refractivity contribution in [2.45, 2.75) is 19.4 Å². The molecule has 0 aliphatic carbocycles. The van der Waals surface area contributed by atoms with Gasteiger partial charge >= 0.3 is 0 Å². The van der Waals surface area contributed by atoms with Gasteiger partial charge in [0.2, 0.25) is 0 Å². The molecule has 1 heterocycles. The number of carbonyl (C=O) groups excluding carboxylic acids is 1. The summed E-state index contributed by atoms with van der Waals surface area (Å²) < 4.78 is 0. The summed E-state index contributed by atoms with van der Waals surface area (Å²) in [4.78, 5) is 13.8. The summed E-state index contributed by atoms with van der Waals surface area (Å²) in [5.74, 6) is 0.0104. The van der Waals surface area contributed by atoms with E-state index in [1.165, 1.54) is 16.0 Å². The highest BCUT2D eigenvalue weighted by atomic mass is 16.2. The Balaban J connectivity index is 1.59. The molecule has 1 unspecified atom stereocenters. The molecular formula is C21H22N3O+. The summed E-state index contributed by atoms with van der Waals surface area (Å²) in [6.45, 7) is 3.77. The summed E-state index contributed by atoms with van der Waals surface area (Å²) in [5, 5.41) is 11.8. The first kappa shape index (κ1) is 16.9. The van der Waals surface area contributed by atoms with Crippen molar-refractivity contribution in [3.63, 3.8) is 0 Å². The molecule has 2 aromatic rings. The second-order valence-corrected chi connectivity index (χ2v) is 6.36. The van der Waals surface area contributed by atoms with E-state index in [1.807, 2.05) is 13.0 Å². The summed E-state index contributed by atoms with van der Waals surface area (Å²) >= 11 is 0. The van der Waals surface area contributed by atoms with Crippen molar-refractivity contribution < 1.29 is 9.69 Å². The molecule has 1 amide bonds. The molecule has 2 N–H and O–H groups in total. The molecule has 4 nitrogen and oxygen atoms in total. The van der Waals surface area contributed by atoms with E-state index in [9.17, 15) is 4.79 Å². The predicted molar refractivity (Wildman–Crippen MR) is 99.0 cm³/mol. The third-order valence-corrected chi connectivity index (χ3v) is 4.76. The summed E-state index contributed by atoms with van der Waals surface area (Å²) in [5.41, 5.74) is 3.96. The minimum absolute atomic E-state index is 0.0104. The van der Waals surface area contributed by atoms with Gasteiger partial charge in [-0.15, -0.1) is 0 Å². The number of carbonyl (C=O) groups is 1. The third kappa shape index (κ3) is 4.14. The van der Waals surface area contributed by atoms with Crippen LogP contribution in [-0.2, 0) is 4.79 Å². The van der Waals surface area contributed by atoms with Gasteiger partial charge in [-0.1, -0.05) is 30.3 Å². The zero-order valence-electron chi connectivity index (χ0n) is 14.3. The largest absolute Gasteiger partial charge is 0.321 e. The van der Waals surface area contributed by atoms with E-state index in [-0.39, 0.29) is 11.9 Å². The van der Waals surface area contributed by atoms with Crippen LogP contribution in [0.25, 0.3) is 5.57 Å². The Hall–Kier alpha value is -2.90. The smallest absolute Gasteiger partial charge is 0.282 e. The van der Waals surface area contributed by atoms with Gasteiger partial charge < -0.3 is 10.2 Å². The Bertz CT molecular complexity index is 803. The Morgan fingerprint density at radius 1 is 1.16 bits per heavy atom. The van der Waals surface area contributed by atoms with Crippen LogP contribution >= 0.6 is 0 Å². The number of anilines is 1. The Morgan fingerprint density at radius 2 is 1.88 bits per heavy atom. The van der Waals surface area contributed by atoms with Gasteiger partial charge in [0.05, 0.1) is 24.7 Å². The fraction of sp³-hybridized carbons (Fsp3) is 0.238. The molecule has 2 aromatic carbocycles. The standard InChI is InChI=1S/C21H21N3O/c1-16(21(25)23-20-9-7-17(15-22)8-10-20)24-13-11-19(12-14-24)18-5-3-2-4-6-18/h2-11,16H,12-14H2,1H3,(H,23,25)/p+1/t16-/m0/s1. The maximum Gasteiger partial charge on any atom is 0.282 e. The molecule has 0 saturated carbocycles. The molecule has 0 saturated heterocycles. The molecule has 3 rings (SSSR count). The van der Waals surface area contributed by atoms with E-state index >= 15 is 0 Å². The van der Waals surface area contributed by atoms with Gasteiger partial charge in [-0.3, -0.25) is 4.79 Å². The number of quaternary nitrogens is 1. The third-order valence-electron chi connectivity index (χ3n) is 4.76. The second kappa shape index (κ2) is 7.78. The van der Waals surface area contributed by atoms with Crippen LogP contribution in [0.2, 0.25) is 0 Å². The lowest BCUT2D eigenvalue weighted by atomic mass is 9.99. The highest BCUT2D eigenvalue weighted by molar-refractivity contribution is 5.93. The Labute approximate surface area is 148 Å². The summed E-state index contributed by atoms with van der Waals surface area (Å²) in [6, 6.07) is 19.3. The van der Waals surface area contributed by atoms with Crippen molar-refractivity contribution in [3.05, 3.63) is 71.8 Å². The maximum atomic E-state index is 12.5. The predicted octanol–water partition coefficient (Wildman–Crippen LogP) is 2.26. The average molecular weight is 332 g/mol. The van der Waals surface area contributed by atoms with Gasteiger partial charge in [0.15, 0.2) is 6.04 Å². The van der Waals surface area contributed by atoms with E-state index < -0.39 is 0 Å². The number of hydrogen-bond acceptors (Lipinski definition) is 2. The van der Waals surface area contributed by atoms with Gasteiger partial charge in [-0.05, 0) is 48.4 Å². The van der Waals surface area contributed by atoms with Gasteiger partial charge in [0.1, 0.15) is 0 Å². The van der Waals surface area contributed by atoms with Crippen LogP contribution in [0.4, 0.5) is 5.69 Å². The van der Waals surface area contributed by atoms with Crippen LogP contribution in [0.1, 0.15) is 24.5 Å². The summed E-state index contributed by atoms with van der Waals surface area (Å²) in [7, 11) is 0. The van der Waals surface area contributed by atoms with Crippen molar-refractivity contribution in [2.75, 3.05) is 18.4 Å². The van der Waals surface area contributed by atoms with E-state index in [2.05, 4.69) is 41.7 Å². The van der Waals surface area contributed by atoms with Crippen LogP contribution in [0.15, 0.2) is 60.7 Å². The zero-order valence-corrected chi connectivity index (χ0v) is 14.3. The molecule has 1 aliphatic rings. The minimum atomic E-state index is -0.121. The molecule has 1 aliphatic heterocycles. The number of hydrogen-bond donors (Lipinski definition) is 2. The number of nitrogens with one attached hydrogen (secondary N) is 2. The molecule has 0 radical (unpaired) electrons. The van der Waals surface area contributed by atoms with Gasteiger partial charge in [-0.25, -0.2) is 0 Å².